The number of aromatic nitrogens is 2. The fourth-order valence-corrected chi connectivity index (χ4v) is 4.94. The molecule has 2 saturated heterocycles. The SMILES string of the molecule is C[C@@H]1CN(c2ncc(Cl)cn2)C[C@H](C)N1C(O)NC1CCN(Cc2ccccc2)CC1. The van der Waals surface area contributed by atoms with E-state index in [2.05, 4.69) is 74.2 Å². The quantitative estimate of drug-likeness (QED) is 0.663. The van der Waals surface area contributed by atoms with Crippen LogP contribution < -0.4 is 10.2 Å². The Hall–Kier alpha value is -1.77. The first-order valence-electron chi connectivity index (χ1n) is 11.2. The highest BCUT2D eigenvalue weighted by Gasteiger charge is 2.35. The topological polar surface area (TPSA) is 67.8 Å². The smallest absolute Gasteiger partial charge is 0.225 e. The number of aliphatic hydroxyl groups is 1. The second-order valence-corrected chi connectivity index (χ2v) is 9.26. The molecule has 2 aliphatic heterocycles. The number of nitrogens with one attached hydrogen (secondary N) is 1. The molecule has 0 radical (unpaired) electrons. The van der Waals surface area contributed by atoms with Gasteiger partial charge in [0.1, 0.15) is 0 Å². The fraction of sp³-hybridized carbons (Fsp3) is 0.565. The summed E-state index contributed by atoms with van der Waals surface area (Å²) in [4.78, 5) is 15.5. The third-order valence-corrected chi connectivity index (χ3v) is 6.58. The first-order valence-corrected chi connectivity index (χ1v) is 11.6. The first kappa shape index (κ1) is 22.4. The fourth-order valence-electron chi connectivity index (χ4n) is 4.85. The van der Waals surface area contributed by atoms with Gasteiger partial charge in [-0.1, -0.05) is 41.9 Å². The van der Waals surface area contributed by atoms with E-state index in [9.17, 15) is 5.11 Å². The minimum Gasteiger partial charge on any atom is -0.365 e. The van der Waals surface area contributed by atoms with Crippen molar-refractivity contribution in [1.82, 2.24) is 25.1 Å². The van der Waals surface area contributed by atoms with E-state index in [-0.39, 0.29) is 12.1 Å². The predicted molar refractivity (Wildman–Crippen MR) is 124 cm³/mol. The number of benzene rings is 1. The largest absolute Gasteiger partial charge is 0.365 e. The number of hydrogen-bond donors (Lipinski definition) is 2. The molecular weight excluding hydrogens is 412 g/mol. The lowest BCUT2D eigenvalue weighted by Crippen LogP contribution is -2.64. The Labute approximate surface area is 190 Å². The van der Waals surface area contributed by atoms with Gasteiger partial charge in [-0.15, -0.1) is 0 Å². The maximum absolute atomic E-state index is 11.0. The lowest BCUT2D eigenvalue weighted by Gasteiger charge is -2.47. The molecule has 1 unspecified atom stereocenters. The van der Waals surface area contributed by atoms with Gasteiger partial charge in [-0.25, -0.2) is 9.97 Å². The van der Waals surface area contributed by atoms with Crippen LogP contribution in [-0.4, -0.2) is 75.5 Å². The van der Waals surface area contributed by atoms with Crippen molar-refractivity contribution in [3.8, 4) is 0 Å². The summed E-state index contributed by atoms with van der Waals surface area (Å²) >= 11 is 5.92. The van der Waals surface area contributed by atoms with Gasteiger partial charge in [0.2, 0.25) is 5.95 Å². The maximum atomic E-state index is 11.0. The van der Waals surface area contributed by atoms with E-state index >= 15 is 0 Å². The molecule has 4 rings (SSSR count). The van der Waals surface area contributed by atoms with Crippen molar-refractivity contribution in [2.75, 3.05) is 31.1 Å². The molecular formula is C23H33ClN6O. The predicted octanol–water partition coefficient (Wildman–Crippen LogP) is 2.56. The maximum Gasteiger partial charge on any atom is 0.225 e. The summed E-state index contributed by atoms with van der Waals surface area (Å²) in [5.41, 5.74) is 1.36. The van der Waals surface area contributed by atoms with E-state index in [1.807, 2.05) is 0 Å². The summed E-state index contributed by atoms with van der Waals surface area (Å²) in [6, 6.07) is 11.3. The van der Waals surface area contributed by atoms with E-state index < -0.39 is 6.35 Å². The van der Waals surface area contributed by atoms with Crippen LogP contribution in [-0.2, 0) is 6.54 Å². The average Bonchev–Trinajstić information content (AvgIpc) is 2.76. The number of nitrogens with zero attached hydrogens (tertiary/aromatic N) is 5. The number of hydrogen-bond acceptors (Lipinski definition) is 7. The number of rotatable bonds is 6. The van der Waals surface area contributed by atoms with Gasteiger partial charge < -0.3 is 10.0 Å². The average molecular weight is 445 g/mol. The van der Waals surface area contributed by atoms with Gasteiger partial charge in [-0.05, 0) is 45.3 Å². The molecule has 8 heteroatoms. The number of likely N-dealkylation sites (tertiary alicyclic amines) is 1. The summed E-state index contributed by atoms with van der Waals surface area (Å²) < 4.78 is 0. The molecule has 1 aromatic carbocycles. The van der Waals surface area contributed by atoms with Gasteiger partial charge >= 0.3 is 0 Å². The van der Waals surface area contributed by atoms with Gasteiger partial charge in [-0.2, -0.15) is 0 Å². The van der Waals surface area contributed by atoms with E-state index in [0.29, 0.717) is 17.0 Å². The summed E-state index contributed by atoms with van der Waals surface area (Å²) in [5.74, 6) is 0.691. The van der Waals surface area contributed by atoms with Crippen LogP contribution in [0.4, 0.5) is 5.95 Å². The van der Waals surface area contributed by atoms with Crippen molar-refractivity contribution in [3.05, 3.63) is 53.3 Å². The number of halogens is 1. The zero-order valence-electron chi connectivity index (χ0n) is 18.4. The highest BCUT2D eigenvalue weighted by atomic mass is 35.5. The van der Waals surface area contributed by atoms with E-state index in [0.717, 1.165) is 45.6 Å². The van der Waals surface area contributed by atoms with Crippen LogP contribution in [0.3, 0.4) is 0 Å². The van der Waals surface area contributed by atoms with Gasteiger partial charge in [0.05, 0.1) is 17.4 Å². The number of piperazine rings is 1. The summed E-state index contributed by atoms with van der Waals surface area (Å²) in [5, 5.41) is 15.0. The van der Waals surface area contributed by atoms with Crippen molar-refractivity contribution < 1.29 is 5.11 Å². The number of aliphatic hydroxyl groups excluding tert-OH is 1. The molecule has 168 valence electrons. The molecule has 0 spiro atoms. The third kappa shape index (κ3) is 5.73. The highest BCUT2D eigenvalue weighted by Crippen LogP contribution is 2.22. The van der Waals surface area contributed by atoms with Crippen LogP contribution in [0.15, 0.2) is 42.7 Å². The standard InChI is InChI=1S/C23H33ClN6O/c1-17-14-29(22-25-12-20(24)13-26-22)15-18(2)30(17)23(31)27-21-8-10-28(11-9-21)16-19-6-4-3-5-7-19/h3-7,12-13,17-18,21,23,27,31H,8-11,14-16H2,1-2H3/t17-,18+,23?. The van der Waals surface area contributed by atoms with Gasteiger partial charge in [0, 0.05) is 37.8 Å². The Bertz CT molecular complexity index is 803. The van der Waals surface area contributed by atoms with Crippen LogP contribution in [0, 0.1) is 0 Å². The van der Waals surface area contributed by atoms with Crippen molar-refractivity contribution >= 4 is 17.5 Å². The van der Waals surface area contributed by atoms with Crippen LogP contribution >= 0.6 is 11.6 Å². The summed E-state index contributed by atoms with van der Waals surface area (Å²) in [6.07, 6.45) is 4.71. The molecule has 2 N–H and O–H groups in total. The Morgan fingerprint density at radius 3 is 2.29 bits per heavy atom. The summed E-state index contributed by atoms with van der Waals surface area (Å²) in [7, 11) is 0. The number of piperidine rings is 1. The normalized spacial score (nSPS) is 25.0. The Balaban J connectivity index is 1.27. The minimum absolute atomic E-state index is 0.170. The second-order valence-electron chi connectivity index (χ2n) is 8.83. The Kier molecular flexibility index (Phi) is 7.40. The lowest BCUT2D eigenvalue weighted by molar-refractivity contribution is -0.0815. The molecule has 0 aliphatic carbocycles. The van der Waals surface area contributed by atoms with Gasteiger partial charge in [0.15, 0.2) is 6.35 Å². The van der Waals surface area contributed by atoms with Crippen LogP contribution in [0.2, 0.25) is 5.02 Å². The van der Waals surface area contributed by atoms with Crippen molar-refractivity contribution in [3.63, 3.8) is 0 Å². The molecule has 0 bridgehead atoms. The van der Waals surface area contributed by atoms with Crippen molar-refractivity contribution in [2.45, 2.75) is 57.7 Å². The Morgan fingerprint density at radius 2 is 1.68 bits per heavy atom. The van der Waals surface area contributed by atoms with Crippen LogP contribution in [0.1, 0.15) is 32.3 Å². The highest BCUT2D eigenvalue weighted by molar-refractivity contribution is 6.30. The van der Waals surface area contributed by atoms with Crippen molar-refractivity contribution in [1.29, 1.82) is 0 Å². The third-order valence-electron chi connectivity index (χ3n) is 6.38. The molecule has 3 atom stereocenters. The van der Waals surface area contributed by atoms with E-state index in [4.69, 9.17) is 11.6 Å². The molecule has 2 aliphatic rings. The molecule has 0 saturated carbocycles. The molecule has 2 fully saturated rings. The molecule has 0 amide bonds. The molecule has 3 heterocycles. The van der Waals surface area contributed by atoms with Gasteiger partial charge in [0.25, 0.3) is 0 Å². The molecule has 2 aromatic rings. The number of anilines is 1. The zero-order chi connectivity index (χ0) is 21.8. The summed E-state index contributed by atoms with van der Waals surface area (Å²) in [6.45, 7) is 8.91. The van der Waals surface area contributed by atoms with E-state index in [1.54, 1.807) is 12.4 Å². The molecule has 7 nitrogen and oxygen atoms in total. The molecule has 31 heavy (non-hydrogen) atoms. The van der Waals surface area contributed by atoms with Crippen LogP contribution in [0.5, 0.6) is 0 Å². The van der Waals surface area contributed by atoms with Crippen molar-refractivity contribution in [2.24, 2.45) is 0 Å². The monoisotopic (exact) mass is 444 g/mol. The lowest BCUT2D eigenvalue weighted by atomic mass is 10.0. The van der Waals surface area contributed by atoms with E-state index in [1.165, 1.54) is 5.56 Å². The Morgan fingerprint density at radius 1 is 1.06 bits per heavy atom. The molecule has 1 aromatic heterocycles. The zero-order valence-corrected chi connectivity index (χ0v) is 19.1. The minimum atomic E-state index is -0.649. The van der Waals surface area contributed by atoms with Crippen LogP contribution in [0.25, 0.3) is 0 Å². The first-order chi connectivity index (χ1) is 15.0. The second kappa shape index (κ2) is 10.2. The van der Waals surface area contributed by atoms with Gasteiger partial charge in [-0.3, -0.25) is 15.1 Å².